The molecule has 0 heterocycles. The molecule has 0 aliphatic heterocycles. The average molecular weight is 575 g/mol. The van der Waals surface area contributed by atoms with E-state index in [1.807, 2.05) is 12.1 Å². The molecule has 10 nitrogen and oxygen atoms in total. The Balaban J connectivity index is 1.38. The number of methoxy groups -OCH3 is 1. The van der Waals surface area contributed by atoms with Gasteiger partial charge >= 0.3 is 0 Å². The number of amides is 1. The van der Waals surface area contributed by atoms with Gasteiger partial charge in [0.15, 0.2) is 11.4 Å². The van der Waals surface area contributed by atoms with Gasteiger partial charge in [0, 0.05) is 41.6 Å². The van der Waals surface area contributed by atoms with Crippen LogP contribution in [0.4, 0.5) is 0 Å². The number of ether oxygens (including phenoxy) is 1. The van der Waals surface area contributed by atoms with Crippen LogP contribution < -0.4 is 10.5 Å². The molecule has 2 aromatic carbocycles. The molecule has 1 amide bonds. The van der Waals surface area contributed by atoms with E-state index in [0.29, 0.717) is 17.9 Å². The Morgan fingerprint density at radius 1 is 1.10 bits per heavy atom. The molecular formula is C32H34N2O8. The number of aliphatic hydroxyl groups excluding tert-OH is 2. The number of fused-ring (bicyclic) bond motifs is 4. The molecule has 6 rings (SSSR count). The topological polar surface area (TPSA) is 171 Å². The normalized spacial score (nSPS) is 25.3. The number of aromatic hydroxyl groups is 1. The van der Waals surface area contributed by atoms with Crippen LogP contribution in [0.3, 0.4) is 0 Å². The molecule has 0 saturated carbocycles. The van der Waals surface area contributed by atoms with E-state index in [2.05, 4.69) is 24.0 Å². The van der Waals surface area contributed by atoms with Crippen LogP contribution in [0, 0.1) is 11.8 Å². The molecule has 0 radical (unpaired) electrons. The first-order valence-corrected chi connectivity index (χ1v) is 14.2. The fourth-order valence-electron chi connectivity index (χ4n) is 7.61. The van der Waals surface area contributed by atoms with Crippen LogP contribution in [-0.2, 0) is 35.4 Å². The van der Waals surface area contributed by atoms with E-state index in [9.17, 15) is 34.8 Å². The summed E-state index contributed by atoms with van der Waals surface area (Å²) in [5, 5.41) is 44.2. The summed E-state index contributed by atoms with van der Waals surface area (Å²) in [7, 11) is 1.51. The highest BCUT2D eigenvalue weighted by Crippen LogP contribution is 2.53. The highest BCUT2D eigenvalue weighted by Gasteiger charge is 2.59. The maximum Gasteiger partial charge on any atom is 0.255 e. The molecule has 220 valence electrons. The molecule has 10 heteroatoms. The number of phenols is 1. The zero-order valence-corrected chi connectivity index (χ0v) is 23.5. The van der Waals surface area contributed by atoms with Crippen molar-refractivity contribution >= 4 is 17.5 Å². The van der Waals surface area contributed by atoms with Gasteiger partial charge in [0.25, 0.3) is 5.91 Å². The summed E-state index contributed by atoms with van der Waals surface area (Å²) in [5.74, 6) is -6.03. The van der Waals surface area contributed by atoms with Gasteiger partial charge in [-0.25, -0.2) is 0 Å². The van der Waals surface area contributed by atoms with Gasteiger partial charge < -0.3 is 30.9 Å². The summed E-state index contributed by atoms with van der Waals surface area (Å²) >= 11 is 0. The van der Waals surface area contributed by atoms with Gasteiger partial charge in [0.1, 0.15) is 28.6 Å². The van der Waals surface area contributed by atoms with Gasteiger partial charge in [-0.3, -0.25) is 19.3 Å². The number of hydrogen-bond donors (Lipinski definition) is 5. The van der Waals surface area contributed by atoms with E-state index in [1.165, 1.54) is 24.3 Å². The van der Waals surface area contributed by atoms with E-state index in [0.717, 1.165) is 24.9 Å². The summed E-state index contributed by atoms with van der Waals surface area (Å²) < 4.78 is 5.85. The Morgan fingerprint density at radius 3 is 2.36 bits per heavy atom. The van der Waals surface area contributed by atoms with E-state index in [-0.39, 0.29) is 42.2 Å². The molecule has 0 aromatic heterocycles. The maximum atomic E-state index is 13.9. The molecule has 4 aliphatic rings. The maximum absolute atomic E-state index is 13.9. The Kier molecular flexibility index (Phi) is 6.66. The molecule has 0 spiro atoms. The lowest BCUT2D eigenvalue weighted by atomic mass is 9.60. The number of benzene rings is 2. The third-order valence-corrected chi connectivity index (χ3v) is 9.62. The number of ketones is 2. The lowest BCUT2D eigenvalue weighted by Gasteiger charge is -2.45. The zero-order valence-electron chi connectivity index (χ0n) is 23.5. The van der Waals surface area contributed by atoms with Crippen LogP contribution in [0.1, 0.15) is 52.4 Å². The van der Waals surface area contributed by atoms with Crippen LogP contribution >= 0.6 is 0 Å². The number of carbonyl (C=O) groups is 3. The second-order valence-corrected chi connectivity index (χ2v) is 11.7. The number of phenolic OH excluding ortho intramolecular Hbond substituents is 1. The summed E-state index contributed by atoms with van der Waals surface area (Å²) in [5.41, 5.74) is 5.52. The SMILES string of the molecule is CCN(Cc1cc(O)c2c(c1OC)CC1C[C@H]3CC(O)=C(C(N)=O)C(=O)[C@@]3(O)C(O)=C1C2=O)C1Cc2ccccc2C1. The summed E-state index contributed by atoms with van der Waals surface area (Å²) in [6.07, 6.45) is 1.82. The number of nitrogens with two attached hydrogens (primary N) is 1. The molecule has 6 N–H and O–H groups in total. The first kappa shape index (κ1) is 28.0. The third-order valence-electron chi connectivity index (χ3n) is 9.62. The monoisotopic (exact) mass is 574 g/mol. The Labute approximate surface area is 242 Å². The fraction of sp³-hybridized carbons (Fsp3) is 0.406. The van der Waals surface area contributed by atoms with Crippen LogP contribution in [0.2, 0.25) is 0 Å². The molecule has 42 heavy (non-hydrogen) atoms. The van der Waals surface area contributed by atoms with Crippen molar-refractivity contribution in [3.05, 3.63) is 80.8 Å². The molecule has 4 aliphatic carbocycles. The minimum Gasteiger partial charge on any atom is -0.511 e. The number of primary amides is 1. The second kappa shape index (κ2) is 9.99. The van der Waals surface area contributed by atoms with Crippen LogP contribution in [-0.4, -0.2) is 68.1 Å². The summed E-state index contributed by atoms with van der Waals surface area (Å²) in [6.45, 7) is 3.33. The average Bonchev–Trinajstić information content (AvgIpc) is 3.37. The minimum atomic E-state index is -2.59. The number of aliphatic hydroxyl groups is 3. The molecular weight excluding hydrogens is 540 g/mol. The predicted octanol–water partition coefficient (Wildman–Crippen LogP) is 2.58. The fourth-order valence-corrected chi connectivity index (χ4v) is 7.61. The molecule has 0 bridgehead atoms. The summed E-state index contributed by atoms with van der Waals surface area (Å²) in [6, 6.07) is 10.2. The highest BCUT2D eigenvalue weighted by atomic mass is 16.5. The van der Waals surface area contributed by atoms with Crippen molar-refractivity contribution in [1.29, 1.82) is 0 Å². The van der Waals surface area contributed by atoms with E-state index < -0.39 is 52.0 Å². The number of carbonyl (C=O) groups excluding carboxylic acids is 3. The third kappa shape index (κ3) is 3.96. The minimum absolute atomic E-state index is 0.0523. The van der Waals surface area contributed by atoms with Gasteiger partial charge in [0.05, 0.1) is 12.7 Å². The first-order valence-electron chi connectivity index (χ1n) is 14.2. The van der Waals surface area contributed by atoms with Crippen LogP contribution in [0.5, 0.6) is 11.5 Å². The number of hydrogen-bond acceptors (Lipinski definition) is 9. The van der Waals surface area contributed by atoms with Crippen molar-refractivity contribution in [3.63, 3.8) is 0 Å². The van der Waals surface area contributed by atoms with Gasteiger partial charge in [-0.1, -0.05) is 31.2 Å². The molecule has 3 atom stereocenters. The lowest BCUT2D eigenvalue weighted by Crippen LogP contribution is -2.57. The van der Waals surface area contributed by atoms with Crippen molar-refractivity contribution < 1.29 is 39.5 Å². The Hall–Kier alpha value is -4.15. The van der Waals surface area contributed by atoms with Crippen molar-refractivity contribution in [2.45, 2.75) is 57.2 Å². The van der Waals surface area contributed by atoms with Crippen molar-refractivity contribution in [2.24, 2.45) is 17.6 Å². The van der Waals surface area contributed by atoms with E-state index in [1.54, 1.807) is 0 Å². The Morgan fingerprint density at radius 2 is 1.76 bits per heavy atom. The molecule has 0 saturated heterocycles. The summed E-state index contributed by atoms with van der Waals surface area (Å²) in [4.78, 5) is 41.2. The van der Waals surface area contributed by atoms with Crippen molar-refractivity contribution in [1.82, 2.24) is 4.90 Å². The van der Waals surface area contributed by atoms with Crippen molar-refractivity contribution in [3.8, 4) is 11.5 Å². The molecule has 2 aromatic rings. The zero-order chi connectivity index (χ0) is 30.1. The smallest absolute Gasteiger partial charge is 0.255 e. The molecule has 1 unspecified atom stereocenters. The number of Topliss-reactive ketones (excluding diaryl/α,β-unsaturated/α-hetero) is 2. The largest absolute Gasteiger partial charge is 0.511 e. The predicted molar refractivity (Wildman–Crippen MR) is 151 cm³/mol. The number of allylic oxidation sites excluding steroid dienone is 2. The van der Waals surface area contributed by atoms with Gasteiger partial charge in [-0.15, -0.1) is 0 Å². The second-order valence-electron chi connectivity index (χ2n) is 11.7. The van der Waals surface area contributed by atoms with Crippen LogP contribution in [0.15, 0.2) is 53.0 Å². The van der Waals surface area contributed by atoms with Crippen LogP contribution in [0.25, 0.3) is 0 Å². The Bertz CT molecular complexity index is 1580. The van der Waals surface area contributed by atoms with E-state index >= 15 is 0 Å². The van der Waals surface area contributed by atoms with Crippen molar-refractivity contribution in [2.75, 3.05) is 13.7 Å². The number of likely N-dealkylation sites (N-methyl/N-ethyl adjacent to an activating group) is 1. The highest BCUT2D eigenvalue weighted by molar-refractivity contribution is 6.24. The quantitative estimate of drug-likeness (QED) is 0.325. The standard InChI is InChI=1S/C32H34N2O8/c1-3-34(20-9-15-6-4-5-7-16(15)10-20)14-18-12-22(35)25-21(28(18)42-2)11-17-8-19-13-23(36)26(31(33)40)30(39)32(19,41)29(38)24(17)27(25)37/h4-7,12,17,19-20,35-36,38,41H,3,8-11,13-14H2,1-2H3,(H2,33,40)/t17?,19-,32-/m0/s1. The first-order chi connectivity index (χ1) is 20.0. The van der Waals surface area contributed by atoms with Gasteiger partial charge in [0.2, 0.25) is 5.78 Å². The number of nitrogens with zero attached hydrogens (tertiary/aromatic N) is 1. The van der Waals surface area contributed by atoms with Gasteiger partial charge in [-0.2, -0.15) is 0 Å². The lowest BCUT2D eigenvalue weighted by molar-refractivity contribution is -0.144. The molecule has 0 fully saturated rings. The van der Waals surface area contributed by atoms with Gasteiger partial charge in [-0.05, 0) is 55.3 Å². The number of rotatable bonds is 6. The van der Waals surface area contributed by atoms with E-state index in [4.69, 9.17) is 10.5 Å².